The van der Waals surface area contributed by atoms with Gasteiger partial charge in [-0.1, -0.05) is 18.2 Å². The molecule has 2 saturated heterocycles. The number of ether oxygens (including phenoxy) is 1. The molecule has 2 aliphatic rings. The lowest BCUT2D eigenvalue weighted by molar-refractivity contribution is 0.156. The van der Waals surface area contributed by atoms with Gasteiger partial charge in [0.1, 0.15) is 6.61 Å². The van der Waals surface area contributed by atoms with E-state index in [0.717, 1.165) is 31.6 Å². The molecule has 0 aliphatic carbocycles. The van der Waals surface area contributed by atoms with Crippen molar-refractivity contribution in [1.29, 1.82) is 0 Å². The quantitative estimate of drug-likeness (QED) is 0.887. The number of anilines is 1. The third kappa shape index (κ3) is 2.10. The molecule has 1 atom stereocenters. The average molecular weight is 260 g/mol. The molecular weight excluding hydrogens is 240 g/mol. The fourth-order valence-corrected chi connectivity index (χ4v) is 3.27. The number of para-hydroxylation sites is 1. The van der Waals surface area contributed by atoms with Crippen LogP contribution in [-0.4, -0.2) is 31.3 Å². The summed E-state index contributed by atoms with van der Waals surface area (Å²) in [6.45, 7) is 4.69. The summed E-state index contributed by atoms with van der Waals surface area (Å²) in [5, 5.41) is 3.38. The number of carbonyl (C=O) groups excluding carboxylic acids is 1. The Balaban J connectivity index is 1.93. The molecule has 0 aromatic heterocycles. The first kappa shape index (κ1) is 12.5. The van der Waals surface area contributed by atoms with Crippen LogP contribution in [0.3, 0.4) is 0 Å². The number of carbonyl (C=O) groups is 1. The Bertz CT molecular complexity index is 456. The van der Waals surface area contributed by atoms with E-state index in [1.54, 1.807) is 0 Å². The van der Waals surface area contributed by atoms with E-state index in [9.17, 15) is 4.79 Å². The summed E-state index contributed by atoms with van der Waals surface area (Å²) in [5.41, 5.74) is 0.714. The zero-order chi connectivity index (χ0) is 13.3. The summed E-state index contributed by atoms with van der Waals surface area (Å²) in [5.74, 6) is 0.486. The minimum Gasteiger partial charge on any atom is -0.447 e. The van der Waals surface area contributed by atoms with Crippen LogP contribution in [0.2, 0.25) is 0 Å². The van der Waals surface area contributed by atoms with Gasteiger partial charge >= 0.3 is 6.09 Å². The number of cyclic esters (lactones) is 1. The van der Waals surface area contributed by atoms with E-state index >= 15 is 0 Å². The van der Waals surface area contributed by atoms with Crippen LogP contribution >= 0.6 is 0 Å². The van der Waals surface area contributed by atoms with Crippen molar-refractivity contribution in [3.8, 4) is 0 Å². The minimum absolute atomic E-state index is 0.216. The summed E-state index contributed by atoms with van der Waals surface area (Å²) in [6, 6.07) is 9.85. The third-order valence-electron chi connectivity index (χ3n) is 4.41. The van der Waals surface area contributed by atoms with Gasteiger partial charge in [-0.25, -0.2) is 4.79 Å². The van der Waals surface area contributed by atoms with Crippen molar-refractivity contribution in [2.24, 2.45) is 5.92 Å². The van der Waals surface area contributed by atoms with Crippen molar-refractivity contribution >= 4 is 11.8 Å². The Labute approximate surface area is 113 Å². The Morgan fingerprint density at radius 2 is 1.95 bits per heavy atom. The molecule has 1 unspecified atom stereocenters. The zero-order valence-electron chi connectivity index (χ0n) is 11.3. The molecule has 1 aromatic carbocycles. The first-order valence-corrected chi connectivity index (χ1v) is 6.94. The number of rotatable bonds is 2. The van der Waals surface area contributed by atoms with E-state index in [4.69, 9.17) is 4.74 Å². The Kier molecular flexibility index (Phi) is 3.19. The van der Waals surface area contributed by atoms with E-state index in [1.165, 1.54) is 0 Å². The minimum atomic E-state index is -0.222. The number of nitrogens with one attached hydrogen (secondary N) is 1. The van der Waals surface area contributed by atoms with Gasteiger partial charge in [-0.3, -0.25) is 4.90 Å². The second-order valence-electron chi connectivity index (χ2n) is 5.61. The van der Waals surface area contributed by atoms with E-state index < -0.39 is 0 Å². The molecule has 19 heavy (non-hydrogen) atoms. The first-order chi connectivity index (χ1) is 9.22. The summed E-state index contributed by atoms with van der Waals surface area (Å²) in [6.07, 6.45) is 1.97. The van der Waals surface area contributed by atoms with E-state index in [1.807, 2.05) is 35.2 Å². The zero-order valence-corrected chi connectivity index (χ0v) is 11.3. The predicted octanol–water partition coefficient (Wildman–Crippen LogP) is 2.40. The monoisotopic (exact) mass is 260 g/mol. The van der Waals surface area contributed by atoms with E-state index in [2.05, 4.69) is 12.2 Å². The van der Waals surface area contributed by atoms with Crippen LogP contribution in [0.25, 0.3) is 0 Å². The molecule has 1 aromatic rings. The summed E-state index contributed by atoms with van der Waals surface area (Å²) >= 11 is 0. The number of nitrogens with zero attached hydrogens (tertiary/aromatic N) is 1. The topological polar surface area (TPSA) is 41.6 Å². The lowest BCUT2D eigenvalue weighted by atomic mass is 9.79. The van der Waals surface area contributed by atoms with Crippen LogP contribution in [0.5, 0.6) is 0 Å². The van der Waals surface area contributed by atoms with Gasteiger partial charge in [-0.2, -0.15) is 0 Å². The van der Waals surface area contributed by atoms with Gasteiger partial charge in [0.25, 0.3) is 0 Å². The largest absolute Gasteiger partial charge is 0.447 e. The highest BCUT2D eigenvalue weighted by atomic mass is 16.6. The number of amides is 1. The van der Waals surface area contributed by atoms with Crippen LogP contribution in [-0.2, 0) is 4.74 Å². The third-order valence-corrected chi connectivity index (χ3v) is 4.41. The maximum atomic E-state index is 12.1. The van der Waals surface area contributed by atoms with Crippen molar-refractivity contribution in [3.05, 3.63) is 30.3 Å². The van der Waals surface area contributed by atoms with Crippen molar-refractivity contribution in [3.63, 3.8) is 0 Å². The molecule has 4 nitrogen and oxygen atoms in total. The normalized spacial score (nSPS) is 28.5. The van der Waals surface area contributed by atoms with Crippen LogP contribution in [0, 0.1) is 5.92 Å². The molecule has 2 fully saturated rings. The van der Waals surface area contributed by atoms with Crippen molar-refractivity contribution < 1.29 is 9.53 Å². The average Bonchev–Trinajstić information content (AvgIpc) is 2.78. The number of hydrogen-bond donors (Lipinski definition) is 1. The summed E-state index contributed by atoms with van der Waals surface area (Å²) in [4.78, 5) is 14.0. The SMILES string of the molecule is CC1(C2CCNCC2)COC(=O)N1c1ccccc1. The van der Waals surface area contributed by atoms with Gasteiger partial charge in [0.15, 0.2) is 0 Å². The molecule has 4 heteroatoms. The number of hydrogen-bond acceptors (Lipinski definition) is 3. The molecule has 0 spiro atoms. The van der Waals surface area contributed by atoms with Gasteiger partial charge in [-0.05, 0) is 50.9 Å². The molecule has 0 bridgehead atoms. The van der Waals surface area contributed by atoms with Gasteiger partial charge < -0.3 is 10.1 Å². The fraction of sp³-hybridized carbons (Fsp3) is 0.533. The Morgan fingerprint density at radius 1 is 1.26 bits per heavy atom. The molecular formula is C15H20N2O2. The highest BCUT2D eigenvalue weighted by Gasteiger charge is 2.49. The molecule has 1 amide bonds. The Morgan fingerprint density at radius 3 is 2.63 bits per heavy atom. The maximum Gasteiger partial charge on any atom is 0.415 e. The lowest BCUT2D eigenvalue weighted by Crippen LogP contribution is -2.53. The van der Waals surface area contributed by atoms with Crippen LogP contribution < -0.4 is 10.2 Å². The summed E-state index contributed by atoms with van der Waals surface area (Å²) in [7, 11) is 0. The van der Waals surface area contributed by atoms with Crippen LogP contribution in [0.15, 0.2) is 30.3 Å². The van der Waals surface area contributed by atoms with Gasteiger partial charge in [0, 0.05) is 5.69 Å². The lowest BCUT2D eigenvalue weighted by Gasteiger charge is -2.41. The molecule has 0 radical (unpaired) electrons. The Hall–Kier alpha value is -1.55. The van der Waals surface area contributed by atoms with Crippen LogP contribution in [0.1, 0.15) is 19.8 Å². The molecule has 2 heterocycles. The smallest absolute Gasteiger partial charge is 0.415 e. The molecule has 1 N–H and O–H groups in total. The second-order valence-corrected chi connectivity index (χ2v) is 5.61. The van der Waals surface area contributed by atoms with E-state index in [-0.39, 0.29) is 11.6 Å². The van der Waals surface area contributed by atoms with Gasteiger partial charge in [0.05, 0.1) is 5.54 Å². The van der Waals surface area contributed by atoms with E-state index in [0.29, 0.717) is 12.5 Å². The first-order valence-electron chi connectivity index (χ1n) is 6.94. The fourth-order valence-electron chi connectivity index (χ4n) is 3.27. The molecule has 0 saturated carbocycles. The molecule has 102 valence electrons. The number of benzene rings is 1. The van der Waals surface area contributed by atoms with Crippen LogP contribution in [0.4, 0.5) is 10.5 Å². The number of piperidine rings is 1. The second kappa shape index (κ2) is 4.85. The van der Waals surface area contributed by atoms with Crippen molar-refractivity contribution in [2.45, 2.75) is 25.3 Å². The molecule has 2 aliphatic heterocycles. The highest BCUT2D eigenvalue weighted by molar-refractivity contribution is 5.91. The van der Waals surface area contributed by atoms with Gasteiger partial charge in [-0.15, -0.1) is 0 Å². The predicted molar refractivity (Wildman–Crippen MR) is 74.3 cm³/mol. The van der Waals surface area contributed by atoms with Crippen molar-refractivity contribution in [1.82, 2.24) is 5.32 Å². The highest BCUT2D eigenvalue weighted by Crippen LogP contribution is 2.39. The summed E-state index contributed by atoms with van der Waals surface area (Å²) < 4.78 is 5.36. The molecule has 3 rings (SSSR count). The van der Waals surface area contributed by atoms with Crippen molar-refractivity contribution in [2.75, 3.05) is 24.6 Å². The van der Waals surface area contributed by atoms with Gasteiger partial charge in [0.2, 0.25) is 0 Å². The standard InChI is InChI=1S/C15H20N2O2/c1-15(12-7-9-16-10-8-12)11-19-14(18)17(15)13-5-3-2-4-6-13/h2-6,12,16H,7-11H2,1H3. The maximum absolute atomic E-state index is 12.1.